The van der Waals surface area contributed by atoms with Gasteiger partial charge in [-0.2, -0.15) is 8.42 Å². The Balaban J connectivity index is 1.59. The topological polar surface area (TPSA) is 106 Å². The number of carbonyl (C=O) groups is 1. The third kappa shape index (κ3) is 4.42. The van der Waals surface area contributed by atoms with Gasteiger partial charge in [0, 0.05) is 6.54 Å². The third-order valence-corrected chi connectivity index (χ3v) is 5.58. The Morgan fingerprint density at radius 3 is 2.68 bits per heavy atom. The molecule has 2 N–H and O–H groups in total. The van der Waals surface area contributed by atoms with Crippen LogP contribution >= 0.6 is 0 Å². The van der Waals surface area contributed by atoms with Crippen LogP contribution in [-0.2, 0) is 21.2 Å². The lowest BCUT2D eigenvalue weighted by Gasteiger charge is -2.17. The van der Waals surface area contributed by atoms with E-state index in [1.54, 1.807) is 44.6 Å². The first kappa shape index (κ1) is 19.7. The zero-order chi connectivity index (χ0) is 20.1. The van der Waals surface area contributed by atoms with Crippen LogP contribution in [0.4, 0.5) is 5.69 Å². The fourth-order valence-corrected chi connectivity index (χ4v) is 4.02. The van der Waals surface area contributed by atoms with Crippen molar-refractivity contribution in [2.24, 2.45) is 4.40 Å². The second-order valence-electron chi connectivity index (χ2n) is 6.09. The van der Waals surface area contributed by atoms with Gasteiger partial charge in [-0.3, -0.25) is 4.79 Å². The summed E-state index contributed by atoms with van der Waals surface area (Å²) in [5, 5.41) is 5.67. The SMILES string of the molecule is COc1ccc(OC)c(CCNC(=O)CC2=NS(=O)(=O)c3ccccc3N2)c1. The quantitative estimate of drug-likeness (QED) is 0.732. The van der Waals surface area contributed by atoms with Crippen molar-refractivity contribution in [3.8, 4) is 11.5 Å². The Labute approximate surface area is 163 Å². The average Bonchev–Trinajstić information content (AvgIpc) is 2.67. The van der Waals surface area contributed by atoms with E-state index in [0.29, 0.717) is 30.2 Å². The zero-order valence-electron chi connectivity index (χ0n) is 15.6. The first-order chi connectivity index (χ1) is 13.4. The summed E-state index contributed by atoms with van der Waals surface area (Å²) >= 11 is 0. The van der Waals surface area contributed by atoms with Crippen LogP contribution in [-0.4, -0.2) is 40.9 Å². The highest BCUT2D eigenvalue weighted by molar-refractivity contribution is 7.90. The first-order valence-electron chi connectivity index (χ1n) is 8.60. The second-order valence-corrected chi connectivity index (χ2v) is 7.66. The maximum atomic E-state index is 12.2. The van der Waals surface area contributed by atoms with Gasteiger partial charge in [0.25, 0.3) is 10.0 Å². The van der Waals surface area contributed by atoms with E-state index in [4.69, 9.17) is 9.47 Å². The number of amides is 1. The molecule has 1 aliphatic heterocycles. The maximum Gasteiger partial charge on any atom is 0.286 e. The normalized spacial score (nSPS) is 14.3. The highest BCUT2D eigenvalue weighted by Gasteiger charge is 2.25. The average molecular weight is 403 g/mol. The van der Waals surface area contributed by atoms with Gasteiger partial charge in [0.2, 0.25) is 5.91 Å². The minimum atomic E-state index is -3.80. The fourth-order valence-electron chi connectivity index (χ4n) is 2.87. The van der Waals surface area contributed by atoms with E-state index in [-0.39, 0.29) is 23.1 Å². The fraction of sp³-hybridized carbons (Fsp3) is 0.263. The molecule has 0 spiro atoms. The predicted octanol–water partition coefficient (Wildman–Crippen LogP) is 1.97. The molecule has 1 heterocycles. The van der Waals surface area contributed by atoms with Crippen molar-refractivity contribution in [1.29, 1.82) is 0 Å². The lowest BCUT2D eigenvalue weighted by Crippen LogP contribution is -2.31. The van der Waals surface area contributed by atoms with Gasteiger partial charge in [0.05, 0.1) is 26.3 Å². The monoisotopic (exact) mass is 403 g/mol. The highest BCUT2D eigenvalue weighted by Crippen LogP contribution is 2.27. The Hall–Kier alpha value is -3.07. The van der Waals surface area contributed by atoms with Crippen LogP contribution < -0.4 is 20.1 Å². The first-order valence-corrected chi connectivity index (χ1v) is 10.0. The molecule has 0 saturated heterocycles. The van der Waals surface area contributed by atoms with Gasteiger partial charge in [-0.15, -0.1) is 4.40 Å². The largest absolute Gasteiger partial charge is 0.497 e. The van der Waals surface area contributed by atoms with Gasteiger partial charge in [-0.05, 0) is 42.3 Å². The summed E-state index contributed by atoms with van der Waals surface area (Å²) in [7, 11) is -0.643. The molecular formula is C19H21N3O5S. The van der Waals surface area contributed by atoms with Gasteiger partial charge in [0.15, 0.2) is 0 Å². The molecule has 0 radical (unpaired) electrons. The van der Waals surface area contributed by atoms with Crippen LogP contribution in [0, 0.1) is 0 Å². The van der Waals surface area contributed by atoms with Crippen LogP contribution in [0.15, 0.2) is 51.8 Å². The van der Waals surface area contributed by atoms with Crippen molar-refractivity contribution in [2.45, 2.75) is 17.7 Å². The van der Waals surface area contributed by atoms with Gasteiger partial charge in [0.1, 0.15) is 22.2 Å². The number of anilines is 1. The molecule has 8 nitrogen and oxygen atoms in total. The smallest absolute Gasteiger partial charge is 0.286 e. The van der Waals surface area contributed by atoms with Crippen molar-refractivity contribution in [3.63, 3.8) is 0 Å². The molecule has 2 aromatic carbocycles. The third-order valence-electron chi connectivity index (χ3n) is 4.21. The Kier molecular flexibility index (Phi) is 5.84. The second kappa shape index (κ2) is 8.30. The summed E-state index contributed by atoms with van der Waals surface area (Å²) < 4.78 is 38.6. The molecule has 0 unspecified atom stereocenters. The van der Waals surface area contributed by atoms with Gasteiger partial charge >= 0.3 is 0 Å². The van der Waals surface area contributed by atoms with Crippen molar-refractivity contribution >= 4 is 27.5 Å². The molecule has 0 aliphatic carbocycles. The van der Waals surface area contributed by atoms with Gasteiger partial charge < -0.3 is 20.1 Å². The molecule has 3 rings (SSSR count). The van der Waals surface area contributed by atoms with Crippen LogP contribution in [0.3, 0.4) is 0 Å². The molecule has 0 fully saturated rings. The Morgan fingerprint density at radius 1 is 1.14 bits per heavy atom. The van der Waals surface area contributed by atoms with E-state index >= 15 is 0 Å². The lowest BCUT2D eigenvalue weighted by atomic mass is 10.1. The van der Waals surface area contributed by atoms with Crippen LogP contribution in [0.2, 0.25) is 0 Å². The number of hydrogen-bond donors (Lipinski definition) is 2. The molecule has 1 aliphatic rings. The molecule has 0 bridgehead atoms. The molecular weight excluding hydrogens is 382 g/mol. The number of methoxy groups -OCH3 is 2. The number of rotatable bonds is 7. The molecule has 0 atom stereocenters. The highest BCUT2D eigenvalue weighted by atomic mass is 32.2. The summed E-state index contributed by atoms with van der Waals surface area (Å²) in [6.45, 7) is 0.360. The number of nitrogens with zero attached hydrogens (tertiary/aromatic N) is 1. The van der Waals surface area contributed by atoms with Crippen LogP contribution in [0.1, 0.15) is 12.0 Å². The predicted molar refractivity (Wildman–Crippen MR) is 106 cm³/mol. The number of amidine groups is 1. The van der Waals surface area contributed by atoms with Gasteiger partial charge in [-0.25, -0.2) is 0 Å². The van der Waals surface area contributed by atoms with E-state index in [2.05, 4.69) is 15.0 Å². The van der Waals surface area contributed by atoms with E-state index in [0.717, 1.165) is 5.56 Å². The molecule has 0 saturated carbocycles. The molecule has 9 heteroatoms. The van der Waals surface area contributed by atoms with Crippen LogP contribution in [0.25, 0.3) is 0 Å². The van der Waals surface area contributed by atoms with Crippen molar-refractivity contribution in [3.05, 3.63) is 48.0 Å². The lowest BCUT2D eigenvalue weighted by molar-refractivity contribution is -0.119. The maximum absolute atomic E-state index is 12.2. The summed E-state index contributed by atoms with van der Waals surface area (Å²) in [6.07, 6.45) is 0.371. The van der Waals surface area contributed by atoms with Gasteiger partial charge in [-0.1, -0.05) is 12.1 Å². The summed E-state index contributed by atoms with van der Waals surface area (Å²) in [5.41, 5.74) is 1.31. The minimum Gasteiger partial charge on any atom is -0.497 e. The number of hydrogen-bond acceptors (Lipinski definition) is 6. The Morgan fingerprint density at radius 2 is 1.93 bits per heavy atom. The molecule has 28 heavy (non-hydrogen) atoms. The molecule has 148 valence electrons. The number of carbonyl (C=O) groups excluding carboxylic acids is 1. The molecule has 1 amide bonds. The van der Waals surface area contributed by atoms with E-state index in [9.17, 15) is 13.2 Å². The number of fused-ring (bicyclic) bond motifs is 1. The van der Waals surface area contributed by atoms with E-state index in [1.165, 1.54) is 6.07 Å². The van der Waals surface area contributed by atoms with Crippen LogP contribution in [0.5, 0.6) is 11.5 Å². The van der Waals surface area contributed by atoms with Crippen molar-refractivity contribution in [2.75, 3.05) is 26.1 Å². The van der Waals surface area contributed by atoms with E-state index in [1.807, 2.05) is 6.07 Å². The number of para-hydroxylation sites is 1. The minimum absolute atomic E-state index is 0.0927. The molecule has 0 aromatic heterocycles. The number of ether oxygens (including phenoxy) is 2. The summed E-state index contributed by atoms with van der Waals surface area (Å²) in [4.78, 5) is 12.3. The van der Waals surface area contributed by atoms with E-state index < -0.39 is 10.0 Å². The van der Waals surface area contributed by atoms with Crippen molar-refractivity contribution < 1.29 is 22.7 Å². The summed E-state index contributed by atoms with van der Waals surface area (Å²) in [5.74, 6) is 1.17. The molecule has 2 aromatic rings. The standard InChI is InChI=1S/C19H21N3O5S/c1-26-14-7-8-16(27-2)13(11-14)9-10-20-19(23)12-18-21-15-5-3-4-6-17(15)28(24,25)22-18/h3-8,11H,9-10,12H2,1-2H3,(H,20,23)(H,21,22). The zero-order valence-corrected chi connectivity index (χ0v) is 16.4. The van der Waals surface area contributed by atoms with Crippen molar-refractivity contribution in [1.82, 2.24) is 5.32 Å². The number of nitrogens with one attached hydrogen (secondary N) is 2. The summed E-state index contributed by atoms with van der Waals surface area (Å²) in [6, 6.07) is 11.9. The number of sulfonamides is 1. The Bertz CT molecular complexity index is 1020. The number of benzene rings is 2.